The quantitative estimate of drug-likeness (QED) is 0.706. The van der Waals surface area contributed by atoms with Crippen molar-refractivity contribution in [1.82, 2.24) is 5.32 Å². The monoisotopic (exact) mass is 398 g/mol. The van der Waals surface area contributed by atoms with E-state index in [4.69, 9.17) is 4.74 Å². The van der Waals surface area contributed by atoms with Crippen LogP contribution in [0.4, 0.5) is 10.1 Å². The third-order valence-electron chi connectivity index (χ3n) is 5.67. The molecule has 1 heterocycles. The molecule has 0 aromatic heterocycles. The molecule has 1 amide bonds. The second-order valence-electron chi connectivity index (χ2n) is 7.94. The molecule has 0 bridgehead atoms. The van der Waals surface area contributed by atoms with Crippen LogP contribution >= 0.6 is 0 Å². The number of anilines is 1. The Bertz CT molecular complexity index is 801. The van der Waals surface area contributed by atoms with Crippen LogP contribution in [0.15, 0.2) is 48.5 Å². The summed E-state index contributed by atoms with van der Waals surface area (Å²) >= 11 is 0. The average Bonchev–Trinajstić information content (AvgIpc) is 2.73. The van der Waals surface area contributed by atoms with E-state index in [0.29, 0.717) is 6.42 Å². The number of ether oxygens (including phenoxy) is 1. The van der Waals surface area contributed by atoms with Gasteiger partial charge in [-0.15, -0.1) is 0 Å². The highest BCUT2D eigenvalue weighted by Gasteiger charge is 2.22. The molecule has 2 aromatic carbocycles. The molecule has 29 heavy (non-hydrogen) atoms. The number of nitrogens with zero attached hydrogens (tertiary/aromatic N) is 1. The molecule has 1 aliphatic rings. The van der Waals surface area contributed by atoms with E-state index in [1.165, 1.54) is 30.7 Å². The number of halogens is 1. The van der Waals surface area contributed by atoms with Gasteiger partial charge in [0.15, 0.2) is 17.7 Å². The Kier molecular flexibility index (Phi) is 7.13. The van der Waals surface area contributed by atoms with Crippen molar-refractivity contribution in [3.8, 4) is 5.75 Å². The lowest BCUT2D eigenvalue weighted by Gasteiger charge is -2.32. The standard InChI is InChI=1S/C24H31FN2O2/c1-4-22(29-23-8-6-5-7-21(23)25)24(28)26-18(3)19-9-11-20(12-10-19)27-15-13-17(2)14-16-27/h5-12,17-18,22H,4,13-16H2,1-3H3,(H,26,28)/t18-,22+/m0/s1. The Morgan fingerprint density at radius 3 is 2.45 bits per heavy atom. The maximum Gasteiger partial charge on any atom is 0.261 e. The van der Waals surface area contributed by atoms with Crippen LogP contribution in [0.5, 0.6) is 5.75 Å². The lowest BCUT2D eigenvalue weighted by Crippen LogP contribution is -2.39. The van der Waals surface area contributed by atoms with E-state index in [9.17, 15) is 9.18 Å². The van der Waals surface area contributed by atoms with Crippen LogP contribution in [-0.2, 0) is 4.79 Å². The lowest BCUT2D eigenvalue weighted by molar-refractivity contribution is -0.128. The highest BCUT2D eigenvalue weighted by atomic mass is 19.1. The summed E-state index contributed by atoms with van der Waals surface area (Å²) in [6.45, 7) is 8.30. The zero-order valence-corrected chi connectivity index (χ0v) is 17.5. The minimum Gasteiger partial charge on any atom is -0.478 e. The number of piperidine rings is 1. The van der Waals surface area contributed by atoms with Crippen LogP contribution in [0.3, 0.4) is 0 Å². The number of carbonyl (C=O) groups excluding carboxylic acids is 1. The summed E-state index contributed by atoms with van der Waals surface area (Å²) in [5, 5.41) is 2.99. The van der Waals surface area contributed by atoms with Crippen molar-refractivity contribution in [2.24, 2.45) is 5.92 Å². The number of nitrogens with one attached hydrogen (secondary N) is 1. The van der Waals surface area contributed by atoms with E-state index in [1.807, 2.05) is 13.8 Å². The van der Waals surface area contributed by atoms with Crippen molar-refractivity contribution in [2.45, 2.75) is 52.2 Å². The molecule has 0 radical (unpaired) electrons. The molecule has 0 unspecified atom stereocenters. The van der Waals surface area contributed by atoms with E-state index in [0.717, 1.165) is 24.6 Å². The minimum absolute atomic E-state index is 0.0994. The first kappa shape index (κ1) is 21.2. The van der Waals surface area contributed by atoms with Gasteiger partial charge in [0.2, 0.25) is 0 Å². The number of hydrogen-bond donors (Lipinski definition) is 1. The number of benzene rings is 2. The fraction of sp³-hybridized carbons (Fsp3) is 0.458. The predicted octanol–water partition coefficient (Wildman–Crippen LogP) is 5.10. The van der Waals surface area contributed by atoms with Crippen molar-refractivity contribution >= 4 is 11.6 Å². The third kappa shape index (κ3) is 5.49. The maximum atomic E-state index is 13.8. The predicted molar refractivity (Wildman–Crippen MR) is 115 cm³/mol. The van der Waals surface area contributed by atoms with E-state index in [1.54, 1.807) is 12.1 Å². The Labute approximate surface area is 173 Å². The molecular formula is C24H31FN2O2. The summed E-state index contributed by atoms with van der Waals surface area (Å²) in [6.07, 6.45) is 2.19. The molecule has 0 saturated carbocycles. The second kappa shape index (κ2) is 9.77. The fourth-order valence-electron chi connectivity index (χ4n) is 3.65. The molecule has 2 aromatic rings. The van der Waals surface area contributed by atoms with Crippen molar-refractivity contribution in [2.75, 3.05) is 18.0 Å². The third-order valence-corrected chi connectivity index (χ3v) is 5.67. The SMILES string of the molecule is CC[C@@H](Oc1ccccc1F)C(=O)N[C@@H](C)c1ccc(N2CCC(C)CC2)cc1. The van der Waals surface area contributed by atoms with Gasteiger partial charge in [-0.25, -0.2) is 4.39 Å². The fourth-order valence-corrected chi connectivity index (χ4v) is 3.65. The first-order chi connectivity index (χ1) is 14.0. The molecule has 1 aliphatic heterocycles. The summed E-state index contributed by atoms with van der Waals surface area (Å²) in [5.74, 6) is 0.202. The summed E-state index contributed by atoms with van der Waals surface area (Å²) in [4.78, 5) is 15.1. The van der Waals surface area contributed by atoms with Crippen LogP contribution in [-0.4, -0.2) is 25.1 Å². The van der Waals surface area contributed by atoms with Gasteiger partial charge in [0.1, 0.15) is 0 Å². The Hall–Kier alpha value is -2.56. The Balaban J connectivity index is 1.59. The van der Waals surface area contributed by atoms with Gasteiger partial charge in [-0.05, 0) is 61.9 Å². The van der Waals surface area contributed by atoms with Gasteiger partial charge in [-0.3, -0.25) is 4.79 Å². The second-order valence-corrected chi connectivity index (χ2v) is 7.94. The lowest BCUT2D eigenvalue weighted by atomic mass is 9.98. The number of rotatable bonds is 7. The van der Waals surface area contributed by atoms with Gasteiger partial charge in [0.05, 0.1) is 6.04 Å². The molecule has 0 aliphatic carbocycles. The van der Waals surface area contributed by atoms with Crippen molar-refractivity contribution in [3.63, 3.8) is 0 Å². The molecule has 1 fully saturated rings. The van der Waals surface area contributed by atoms with Gasteiger partial charge in [0.25, 0.3) is 5.91 Å². The Morgan fingerprint density at radius 1 is 1.17 bits per heavy atom. The molecule has 4 nitrogen and oxygen atoms in total. The molecule has 156 valence electrons. The topological polar surface area (TPSA) is 41.6 Å². The molecule has 0 spiro atoms. The van der Waals surface area contributed by atoms with Crippen LogP contribution in [0, 0.1) is 11.7 Å². The van der Waals surface area contributed by atoms with E-state index < -0.39 is 11.9 Å². The molecule has 1 saturated heterocycles. The highest BCUT2D eigenvalue weighted by Crippen LogP contribution is 2.25. The van der Waals surface area contributed by atoms with E-state index in [-0.39, 0.29) is 17.7 Å². The molecule has 5 heteroatoms. The molecule has 3 rings (SSSR count). The van der Waals surface area contributed by atoms with Crippen molar-refractivity contribution < 1.29 is 13.9 Å². The summed E-state index contributed by atoms with van der Waals surface area (Å²) in [6, 6.07) is 14.4. The average molecular weight is 399 g/mol. The molecule has 2 atom stereocenters. The smallest absolute Gasteiger partial charge is 0.261 e. The van der Waals surface area contributed by atoms with Crippen molar-refractivity contribution in [3.05, 3.63) is 59.9 Å². The summed E-state index contributed by atoms with van der Waals surface area (Å²) < 4.78 is 19.4. The largest absolute Gasteiger partial charge is 0.478 e. The molecule has 1 N–H and O–H groups in total. The van der Waals surface area contributed by atoms with E-state index >= 15 is 0 Å². The summed E-state index contributed by atoms with van der Waals surface area (Å²) in [5.41, 5.74) is 2.27. The number of carbonyl (C=O) groups is 1. The van der Waals surface area contributed by atoms with E-state index in [2.05, 4.69) is 41.4 Å². The summed E-state index contributed by atoms with van der Waals surface area (Å²) in [7, 11) is 0. The highest BCUT2D eigenvalue weighted by molar-refractivity contribution is 5.81. The minimum atomic E-state index is -0.732. The number of amides is 1. The number of para-hydroxylation sites is 1. The normalized spacial score (nSPS) is 16.9. The zero-order valence-electron chi connectivity index (χ0n) is 17.5. The maximum absolute atomic E-state index is 13.8. The van der Waals surface area contributed by atoms with Gasteiger partial charge in [-0.1, -0.05) is 38.1 Å². The first-order valence-electron chi connectivity index (χ1n) is 10.5. The van der Waals surface area contributed by atoms with Gasteiger partial charge < -0.3 is 15.0 Å². The van der Waals surface area contributed by atoms with Crippen LogP contribution in [0.2, 0.25) is 0 Å². The van der Waals surface area contributed by atoms with Crippen LogP contribution in [0.1, 0.15) is 51.6 Å². The zero-order chi connectivity index (χ0) is 20.8. The number of hydrogen-bond acceptors (Lipinski definition) is 3. The van der Waals surface area contributed by atoms with Gasteiger partial charge >= 0.3 is 0 Å². The Morgan fingerprint density at radius 2 is 1.83 bits per heavy atom. The van der Waals surface area contributed by atoms with Gasteiger partial charge in [-0.2, -0.15) is 0 Å². The first-order valence-corrected chi connectivity index (χ1v) is 10.5. The van der Waals surface area contributed by atoms with Crippen molar-refractivity contribution in [1.29, 1.82) is 0 Å². The van der Waals surface area contributed by atoms with Gasteiger partial charge in [0, 0.05) is 18.8 Å². The van der Waals surface area contributed by atoms with Crippen LogP contribution in [0.25, 0.3) is 0 Å². The molecular weight excluding hydrogens is 367 g/mol. The van der Waals surface area contributed by atoms with Crippen LogP contribution < -0.4 is 15.0 Å².